The van der Waals surface area contributed by atoms with Crippen LogP contribution < -0.4 is 37.6 Å². The van der Waals surface area contributed by atoms with Gasteiger partial charge in [-0.2, -0.15) is 0 Å². The molecular formula is C43H61N7O13. The number of ketones is 1. The number of phenolic OH excluding ortho intramolecular Hbond substituents is 2. The molecule has 7 atom stereocenters. The molecule has 0 unspecified atom stereocenters. The summed E-state index contributed by atoms with van der Waals surface area (Å²) >= 11 is 0. The van der Waals surface area contributed by atoms with Gasteiger partial charge in [-0.1, -0.05) is 85.7 Å². The normalized spacial score (nSPS) is 14.6. The van der Waals surface area contributed by atoms with Crippen molar-refractivity contribution in [2.24, 2.45) is 29.4 Å². The van der Waals surface area contributed by atoms with Crippen LogP contribution in [0.1, 0.15) is 85.4 Å². The molecule has 0 aromatic heterocycles. The van der Waals surface area contributed by atoms with E-state index in [0.29, 0.717) is 5.56 Å². The molecule has 20 heteroatoms. The summed E-state index contributed by atoms with van der Waals surface area (Å²) in [6, 6.07) is 1.39. The van der Waals surface area contributed by atoms with Gasteiger partial charge in [-0.05, 0) is 53.4 Å². The zero-order valence-corrected chi connectivity index (χ0v) is 36.6. The predicted octanol–water partition coefficient (Wildman–Crippen LogP) is 0.392. The van der Waals surface area contributed by atoms with Crippen LogP contribution in [0.15, 0.2) is 48.5 Å². The Morgan fingerprint density at radius 1 is 0.571 bits per heavy atom. The Labute approximate surface area is 365 Å². The number of benzene rings is 2. The molecule has 2 aromatic carbocycles. The molecule has 0 saturated carbocycles. The molecule has 0 aliphatic carbocycles. The molecule has 2 aromatic rings. The fraction of sp³-hybridized carbons (Fsp3) is 0.512. The Morgan fingerprint density at radius 2 is 1.08 bits per heavy atom. The number of hydrogen-bond acceptors (Lipinski definition) is 12. The Bertz CT molecular complexity index is 1950. The van der Waals surface area contributed by atoms with E-state index in [-0.39, 0.29) is 30.2 Å². The van der Waals surface area contributed by atoms with Crippen LogP contribution >= 0.6 is 0 Å². The van der Waals surface area contributed by atoms with Crippen LogP contribution in [-0.2, 0) is 49.6 Å². The van der Waals surface area contributed by atoms with E-state index >= 15 is 0 Å². The van der Waals surface area contributed by atoms with Crippen LogP contribution in [-0.4, -0.2) is 110 Å². The highest BCUT2D eigenvalue weighted by Gasteiger charge is 2.37. The zero-order chi connectivity index (χ0) is 47.9. The summed E-state index contributed by atoms with van der Waals surface area (Å²) in [4.78, 5) is 118. The van der Waals surface area contributed by atoms with Crippen molar-refractivity contribution in [2.45, 2.75) is 117 Å². The predicted molar refractivity (Wildman–Crippen MR) is 227 cm³/mol. The van der Waals surface area contributed by atoms with Gasteiger partial charge in [0.15, 0.2) is 0 Å². The topological polar surface area (TPSA) is 333 Å². The first kappa shape index (κ1) is 52.6. The van der Waals surface area contributed by atoms with Crippen LogP contribution in [0.2, 0.25) is 0 Å². The first-order valence-corrected chi connectivity index (χ1v) is 20.5. The number of carbonyl (C=O) groups excluding carboxylic acids is 7. The van der Waals surface area contributed by atoms with Gasteiger partial charge in [-0.3, -0.25) is 38.4 Å². The Balaban J connectivity index is 2.45. The van der Waals surface area contributed by atoms with Crippen LogP contribution in [0.25, 0.3) is 0 Å². The molecule has 0 bridgehead atoms. The number of nitrogens with two attached hydrogens (primary N) is 1. The number of amides is 6. The third-order valence-electron chi connectivity index (χ3n) is 9.78. The Hall–Kier alpha value is -6.57. The summed E-state index contributed by atoms with van der Waals surface area (Å²) in [5, 5.41) is 53.5. The molecule has 0 aliphatic rings. The number of Topliss-reactive ketones (excluding diaryl/α,β-unsaturated/α-hetero) is 1. The maximum absolute atomic E-state index is 14.1. The van der Waals surface area contributed by atoms with Gasteiger partial charge in [0, 0.05) is 12.5 Å². The second kappa shape index (κ2) is 24.2. The largest absolute Gasteiger partial charge is 0.508 e. The number of carbonyl (C=O) groups is 9. The van der Waals surface area contributed by atoms with Crippen molar-refractivity contribution < 1.29 is 63.6 Å². The lowest BCUT2D eigenvalue weighted by molar-refractivity contribution is -0.147. The van der Waals surface area contributed by atoms with E-state index in [1.807, 2.05) is 0 Å². The first-order chi connectivity index (χ1) is 29.3. The summed E-state index contributed by atoms with van der Waals surface area (Å²) in [5.74, 6) is -12.9. The quantitative estimate of drug-likeness (QED) is 0.0636. The lowest BCUT2D eigenvalue weighted by atomic mass is 9.97. The van der Waals surface area contributed by atoms with Crippen LogP contribution in [0, 0.1) is 23.7 Å². The molecule has 63 heavy (non-hydrogen) atoms. The first-order valence-electron chi connectivity index (χ1n) is 20.5. The van der Waals surface area contributed by atoms with Gasteiger partial charge in [0.2, 0.25) is 35.3 Å². The molecule has 6 amide bonds. The second-order valence-corrected chi connectivity index (χ2v) is 16.7. The fourth-order valence-corrected chi connectivity index (χ4v) is 6.24. The van der Waals surface area contributed by atoms with Crippen molar-refractivity contribution in [3.63, 3.8) is 0 Å². The number of carboxylic acid groups (broad SMARTS) is 2. The van der Waals surface area contributed by atoms with E-state index in [1.165, 1.54) is 13.8 Å². The van der Waals surface area contributed by atoms with Gasteiger partial charge in [-0.25, -0.2) is 4.79 Å². The maximum atomic E-state index is 14.1. The smallest absolute Gasteiger partial charge is 0.326 e. The van der Waals surface area contributed by atoms with Crippen LogP contribution in [0.3, 0.4) is 0 Å². The summed E-state index contributed by atoms with van der Waals surface area (Å²) in [7, 11) is 0. The van der Waals surface area contributed by atoms with E-state index in [2.05, 4.69) is 31.9 Å². The average Bonchev–Trinajstić information content (AvgIpc) is 3.18. The molecule has 0 heterocycles. The summed E-state index contributed by atoms with van der Waals surface area (Å²) in [6.45, 7) is 13.0. The minimum Gasteiger partial charge on any atom is -0.508 e. The van der Waals surface area contributed by atoms with Crippen molar-refractivity contribution in [3.05, 3.63) is 59.7 Å². The fourth-order valence-electron chi connectivity index (χ4n) is 6.24. The number of carboxylic acids is 2. The highest BCUT2D eigenvalue weighted by molar-refractivity contribution is 6.39. The molecule has 0 radical (unpaired) electrons. The van der Waals surface area contributed by atoms with E-state index in [0.717, 1.165) is 18.2 Å². The third kappa shape index (κ3) is 16.7. The molecule has 2 rings (SSSR count). The van der Waals surface area contributed by atoms with Crippen LogP contribution in [0.5, 0.6) is 11.5 Å². The Kier molecular flexibility index (Phi) is 20.2. The van der Waals surface area contributed by atoms with Crippen molar-refractivity contribution in [1.82, 2.24) is 31.9 Å². The van der Waals surface area contributed by atoms with Gasteiger partial charge < -0.3 is 58.1 Å². The SMILES string of the molecule is CC(C)C[C@H](NC(=O)[C@@H](NC(=O)[C@@H](N)C(C)C)c1cc(O)cc(O)c1)C(=O)N[C@@H](Cc1ccccc1)C(=O)C(=O)N[C@H](C(=O)N[C@H](C(=O)N[C@@H](CC(=O)O)C(=O)O)C(C)C)C(C)C. The molecule has 12 N–H and O–H groups in total. The van der Waals surface area contributed by atoms with Crippen molar-refractivity contribution in [3.8, 4) is 11.5 Å². The average molecular weight is 884 g/mol. The maximum Gasteiger partial charge on any atom is 0.326 e. The molecule has 0 fully saturated rings. The highest BCUT2D eigenvalue weighted by atomic mass is 16.4. The van der Waals surface area contributed by atoms with Gasteiger partial charge in [0.1, 0.15) is 47.8 Å². The number of aromatic hydroxyl groups is 2. The Morgan fingerprint density at radius 3 is 1.57 bits per heavy atom. The molecule has 0 aliphatic heterocycles. The number of rotatable bonds is 24. The number of nitrogens with one attached hydrogen (secondary N) is 6. The monoisotopic (exact) mass is 883 g/mol. The zero-order valence-electron chi connectivity index (χ0n) is 36.6. The van der Waals surface area contributed by atoms with E-state index < -0.39 is 125 Å². The summed E-state index contributed by atoms with van der Waals surface area (Å²) < 4.78 is 0. The lowest BCUT2D eigenvalue weighted by Gasteiger charge is -2.28. The standard InChI is InChI=1S/C43H61N7O13/c1-20(2)14-29(46-41(60)35(50-38(57)32(44)21(3)4)25-16-26(51)18-27(52)17-25)37(56)45-28(15-24-12-10-9-11-13-24)36(55)42(61)49-34(23(7)8)40(59)48-33(22(5)6)39(58)47-30(43(62)63)19-31(53)54/h9-13,16-18,20-23,28-30,32-35,51-52H,14-15,19,44H2,1-8H3,(H,45,56)(H,46,60)(H,47,58)(H,48,59)(H,49,61)(H,50,57)(H,53,54)(H,62,63)/t28-,29-,30-,32-,33-,34-,35-/m0/s1. The minimum atomic E-state index is -1.81. The van der Waals surface area contributed by atoms with Gasteiger partial charge in [-0.15, -0.1) is 0 Å². The molecule has 346 valence electrons. The van der Waals surface area contributed by atoms with E-state index in [9.17, 15) is 58.5 Å². The highest BCUT2D eigenvalue weighted by Crippen LogP contribution is 2.26. The van der Waals surface area contributed by atoms with Gasteiger partial charge >= 0.3 is 11.9 Å². The third-order valence-corrected chi connectivity index (χ3v) is 9.78. The van der Waals surface area contributed by atoms with Crippen molar-refractivity contribution in [2.75, 3.05) is 0 Å². The van der Waals surface area contributed by atoms with E-state index in [1.54, 1.807) is 71.9 Å². The van der Waals surface area contributed by atoms with Crippen LogP contribution in [0.4, 0.5) is 0 Å². The van der Waals surface area contributed by atoms with Crippen molar-refractivity contribution >= 4 is 53.2 Å². The number of aliphatic carboxylic acids is 2. The lowest BCUT2D eigenvalue weighted by Crippen LogP contribution is -2.60. The van der Waals surface area contributed by atoms with Crippen molar-refractivity contribution in [1.29, 1.82) is 0 Å². The molecule has 0 spiro atoms. The minimum absolute atomic E-state index is 0.00279. The molecule has 0 saturated heterocycles. The molecule has 20 nitrogen and oxygen atoms in total. The second-order valence-electron chi connectivity index (χ2n) is 16.7. The van der Waals surface area contributed by atoms with Gasteiger partial charge in [0.25, 0.3) is 5.91 Å². The van der Waals surface area contributed by atoms with Gasteiger partial charge in [0.05, 0.1) is 12.5 Å². The molecular weight excluding hydrogens is 823 g/mol. The summed E-state index contributed by atoms with van der Waals surface area (Å²) in [6.07, 6.45) is -1.16. The number of phenols is 2. The number of hydrogen-bond donors (Lipinski definition) is 11. The van der Waals surface area contributed by atoms with E-state index in [4.69, 9.17) is 10.8 Å². The summed E-state index contributed by atoms with van der Waals surface area (Å²) in [5.41, 5.74) is 6.51.